The van der Waals surface area contributed by atoms with Crippen LogP contribution in [0.1, 0.15) is 25.3 Å². The molecule has 7 heteroatoms. The summed E-state index contributed by atoms with van der Waals surface area (Å²) in [6.45, 7) is 6.33. The molecule has 3 atom stereocenters. The molecular weight excluding hydrogens is 361 g/mol. The number of carbonyl (C=O) groups is 1. The van der Waals surface area contributed by atoms with E-state index in [1.165, 1.54) is 5.56 Å². The Morgan fingerprint density at radius 1 is 1.32 bits per heavy atom. The molecule has 0 aliphatic carbocycles. The van der Waals surface area contributed by atoms with Crippen LogP contribution in [0.5, 0.6) is 0 Å². The van der Waals surface area contributed by atoms with Crippen LogP contribution in [0.25, 0.3) is 0 Å². The number of benzene rings is 1. The van der Waals surface area contributed by atoms with Gasteiger partial charge in [0.15, 0.2) is 0 Å². The maximum absolute atomic E-state index is 12.2. The standard InChI is InChI=1S/C18H27N3O2.2ClH/c1-14-9-16(12-21(14)11-15-5-3-2-4-6-15)20-18(22)10-17-13-23-8-7-19-17;;/h2-6,14,16-17,19H,7-13H2,1H3,(H,20,22);2*1H. The predicted molar refractivity (Wildman–Crippen MR) is 105 cm³/mol. The van der Waals surface area contributed by atoms with Gasteiger partial charge in [-0.25, -0.2) is 0 Å². The fourth-order valence-electron chi connectivity index (χ4n) is 3.50. The van der Waals surface area contributed by atoms with Crippen LogP contribution in [0.3, 0.4) is 0 Å². The molecule has 2 fully saturated rings. The number of hydrogen-bond donors (Lipinski definition) is 2. The number of morpholine rings is 1. The van der Waals surface area contributed by atoms with Crippen LogP contribution in [0, 0.1) is 0 Å². The van der Waals surface area contributed by atoms with Crippen LogP contribution in [0.4, 0.5) is 0 Å². The summed E-state index contributed by atoms with van der Waals surface area (Å²) in [6, 6.07) is 11.4. The molecule has 0 saturated carbocycles. The molecule has 1 aromatic carbocycles. The zero-order valence-corrected chi connectivity index (χ0v) is 16.3. The Balaban J connectivity index is 0.00000156. The van der Waals surface area contributed by atoms with Gasteiger partial charge in [0.25, 0.3) is 0 Å². The van der Waals surface area contributed by atoms with Crippen molar-refractivity contribution < 1.29 is 9.53 Å². The maximum atomic E-state index is 12.2. The van der Waals surface area contributed by atoms with E-state index in [1.54, 1.807) is 0 Å². The van der Waals surface area contributed by atoms with Crippen LogP contribution in [-0.2, 0) is 16.1 Å². The van der Waals surface area contributed by atoms with Crippen LogP contribution < -0.4 is 10.6 Å². The first kappa shape index (κ1) is 22.2. The minimum absolute atomic E-state index is 0. The minimum Gasteiger partial charge on any atom is -0.378 e. The first-order chi connectivity index (χ1) is 11.2. The number of amides is 1. The highest BCUT2D eigenvalue weighted by Crippen LogP contribution is 2.20. The number of ether oxygens (including phenoxy) is 1. The van der Waals surface area contributed by atoms with Crippen molar-refractivity contribution in [2.24, 2.45) is 0 Å². The van der Waals surface area contributed by atoms with Crippen molar-refractivity contribution in [1.29, 1.82) is 0 Å². The molecule has 142 valence electrons. The quantitative estimate of drug-likeness (QED) is 0.808. The van der Waals surface area contributed by atoms with Gasteiger partial charge in [-0.1, -0.05) is 30.3 Å². The molecule has 2 N–H and O–H groups in total. The second kappa shape index (κ2) is 11.0. The average Bonchev–Trinajstić information content (AvgIpc) is 2.88. The van der Waals surface area contributed by atoms with Gasteiger partial charge < -0.3 is 15.4 Å². The smallest absolute Gasteiger partial charge is 0.221 e. The van der Waals surface area contributed by atoms with Gasteiger partial charge in [-0.3, -0.25) is 9.69 Å². The zero-order valence-electron chi connectivity index (χ0n) is 14.6. The summed E-state index contributed by atoms with van der Waals surface area (Å²) >= 11 is 0. The molecule has 2 saturated heterocycles. The first-order valence-corrected chi connectivity index (χ1v) is 8.59. The third-order valence-corrected chi connectivity index (χ3v) is 4.73. The molecule has 3 unspecified atom stereocenters. The Labute approximate surface area is 162 Å². The van der Waals surface area contributed by atoms with E-state index in [2.05, 4.69) is 46.7 Å². The first-order valence-electron chi connectivity index (χ1n) is 8.59. The number of rotatable bonds is 5. The van der Waals surface area contributed by atoms with Gasteiger partial charge in [-0.05, 0) is 18.9 Å². The van der Waals surface area contributed by atoms with Crippen molar-refractivity contribution >= 4 is 30.7 Å². The SMILES string of the molecule is CC1CC(NC(=O)CC2COCCN2)CN1Cc1ccccc1.Cl.Cl. The fraction of sp³-hybridized carbons (Fsp3) is 0.611. The molecule has 2 aliphatic rings. The molecule has 1 aromatic rings. The predicted octanol–water partition coefficient (Wildman–Crippen LogP) is 1.99. The second-order valence-electron chi connectivity index (χ2n) is 6.69. The Morgan fingerprint density at radius 3 is 2.76 bits per heavy atom. The third kappa shape index (κ3) is 6.76. The van der Waals surface area contributed by atoms with Crippen molar-refractivity contribution in [3.05, 3.63) is 35.9 Å². The van der Waals surface area contributed by atoms with Gasteiger partial charge in [-0.2, -0.15) is 0 Å². The van der Waals surface area contributed by atoms with E-state index < -0.39 is 0 Å². The lowest BCUT2D eigenvalue weighted by Gasteiger charge is -2.24. The van der Waals surface area contributed by atoms with E-state index in [9.17, 15) is 4.79 Å². The molecule has 0 aromatic heterocycles. The molecular formula is C18H29Cl2N3O2. The minimum atomic E-state index is 0. The van der Waals surface area contributed by atoms with Gasteiger partial charge in [0, 0.05) is 44.2 Å². The van der Waals surface area contributed by atoms with E-state index in [0.717, 1.165) is 32.7 Å². The molecule has 0 bridgehead atoms. The van der Waals surface area contributed by atoms with Gasteiger partial charge >= 0.3 is 0 Å². The van der Waals surface area contributed by atoms with Gasteiger partial charge in [0.2, 0.25) is 5.91 Å². The molecule has 1 amide bonds. The summed E-state index contributed by atoms with van der Waals surface area (Å²) in [5.74, 6) is 0.131. The zero-order chi connectivity index (χ0) is 16.1. The van der Waals surface area contributed by atoms with E-state index in [0.29, 0.717) is 19.1 Å². The van der Waals surface area contributed by atoms with Crippen molar-refractivity contribution in [3.63, 3.8) is 0 Å². The Hall–Kier alpha value is -0.850. The molecule has 0 radical (unpaired) electrons. The highest BCUT2D eigenvalue weighted by molar-refractivity contribution is 5.85. The lowest BCUT2D eigenvalue weighted by molar-refractivity contribution is -0.122. The summed E-state index contributed by atoms with van der Waals surface area (Å²) in [5, 5.41) is 6.53. The van der Waals surface area contributed by atoms with Crippen molar-refractivity contribution in [2.75, 3.05) is 26.3 Å². The van der Waals surface area contributed by atoms with Crippen LogP contribution >= 0.6 is 24.8 Å². The third-order valence-electron chi connectivity index (χ3n) is 4.73. The molecule has 2 heterocycles. The number of likely N-dealkylation sites (tertiary alicyclic amines) is 1. The summed E-state index contributed by atoms with van der Waals surface area (Å²) < 4.78 is 5.40. The largest absolute Gasteiger partial charge is 0.378 e. The summed E-state index contributed by atoms with van der Waals surface area (Å²) in [4.78, 5) is 14.7. The molecule has 2 aliphatic heterocycles. The van der Waals surface area contributed by atoms with Gasteiger partial charge in [0.1, 0.15) is 0 Å². The maximum Gasteiger partial charge on any atom is 0.221 e. The molecule has 5 nitrogen and oxygen atoms in total. The number of nitrogens with one attached hydrogen (secondary N) is 2. The number of nitrogens with zero attached hydrogens (tertiary/aromatic N) is 1. The summed E-state index contributed by atoms with van der Waals surface area (Å²) in [7, 11) is 0. The lowest BCUT2D eigenvalue weighted by Crippen LogP contribution is -2.46. The van der Waals surface area contributed by atoms with Crippen molar-refractivity contribution in [1.82, 2.24) is 15.5 Å². The average molecular weight is 390 g/mol. The Kier molecular flexibility index (Phi) is 9.75. The number of halogens is 2. The summed E-state index contributed by atoms with van der Waals surface area (Å²) in [6.07, 6.45) is 1.52. The molecule has 3 rings (SSSR count). The van der Waals surface area contributed by atoms with Crippen molar-refractivity contribution in [3.8, 4) is 0 Å². The highest BCUT2D eigenvalue weighted by atomic mass is 35.5. The number of carbonyl (C=O) groups excluding carboxylic acids is 1. The normalized spacial score (nSPS) is 26.4. The Bertz CT molecular complexity index is 512. The van der Waals surface area contributed by atoms with Crippen LogP contribution in [0.15, 0.2) is 30.3 Å². The fourth-order valence-corrected chi connectivity index (χ4v) is 3.50. The number of hydrogen-bond acceptors (Lipinski definition) is 4. The topological polar surface area (TPSA) is 53.6 Å². The van der Waals surface area contributed by atoms with Crippen molar-refractivity contribution in [2.45, 2.75) is 44.4 Å². The van der Waals surface area contributed by atoms with Crippen LogP contribution in [0.2, 0.25) is 0 Å². The van der Waals surface area contributed by atoms with Gasteiger partial charge in [0.05, 0.1) is 13.2 Å². The lowest BCUT2D eigenvalue weighted by atomic mass is 10.1. The molecule has 0 spiro atoms. The van der Waals surface area contributed by atoms with E-state index in [4.69, 9.17) is 4.74 Å². The monoisotopic (exact) mass is 389 g/mol. The summed E-state index contributed by atoms with van der Waals surface area (Å²) in [5.41, 5.74) is 1.33. The van der Waals surface area contributed by atoms with Crippen LogP contribution in [-0.4, -0.2) is 55.2 Å². The molecule has 25 heavy (non-hydrogen) atoms. The Morgan fingerprint density at radius 2 is 2.08 bits per heavy atom. The van der Waals surface area contributed by atoms with Gasteiger partial charge in [-0.15, -0.1) is 24.8 Å². The second-order valence-corrected chi connectivity index (χ2v) is 6.69. The highest BCUT2D eigenvalue weighted by Gasteiger charge is 2.30. The van der Waals surface area contributed by atoms with E-state index in [-0.39, 0.29) is 42.8 Å². The van der Waals surface area contributed by atoms with E-state index >= 15 is 0 Å². The van der Waals surface area contributed by atoms with E-state index in [1.807, 2.05) is 6.07 Å².